The molecule has 28 heavy (non-hydrogen) atoms. The number of sulfonamides is 1. The molecule has 0 aromatic heterocycles. The Bertz CT molecular complexity index is 923. The molecule has 0 radical (unpaired) electrons. The zero-order chi connectivity index (χ0) is 20.0. The number of anilines is 1. The van der Waals surface area contributed by atoms with Crippen molar-refractivity contribution in [1.29, 1.82) is 0 Å². The quantitative estimate of drug-likeness (QED) is 0.732. The highest BCUT2D eigenvalue weighted by molar-refractivity contribution is 7.89. The molecule has 9 heteroatoms. The number of ether oxygens (including phenoxy) is 2. The molecule has 3 rings (SSSR count). The van der Waals surface area contributed by atoms with Crippen molar-refractivity contribution in [3.05, 3.63) is 60.2 Å². The van der Waals surface area contributed by atoms with E-state index in [0.717, 1.165) is 0 Å². The molecule has 1 aliphatic rings. The van der Waals surface area contributed by atoms with Crippen LogP contribution in [0.2, 0.25) is 0 Å². The number of carbonyl (C=O) groups is 2. The van der Waals surface area contributed by atoms with Crippen LogP contribution in [0.1, 0.15) is 10.4 Å². The first-order valence-electron chi connectivity index (χ1n) is 8.67. The molecule has 1 saturated heterocycles. The van der Waals surface area contributed by atoms with Crippen LogP contribution in [0, 0.1) is 0 Å². The van der Waals surface area contributed by atoms with E-state index in [0.29, 0.717) is 37.6 Å². The molecule has 0 bridgehead atoms. The second kappa shape index (κ2) is 8.96. The van der Waals surface area contributed by atoms with Gasteiger partial charge in [0.05, 0.1) is 23.7 Å². The van der Waals surface area contributed by atoms with Gasteiger partial charge in [-0.1, -0.05) is 18.2 Å². The molecule has 2 aromatic carbocycles. The summed E-state index contributed by atoms with van der Waals surface area (Å²) in [7, 11) is -3.59. The van der Waals surface area contributed by atoms with Gasteiger partial charge in [-0.2, -0.15) is 4.31 Å². The zero-order valence-electron chi connectivity index (χ0n) is 15.0. The van der Waals surface area contributed by atoms with Gasteiger partial charge in [-0.25, -0.2) is 13.2 Å². The van der Waals surface area contributed by atoms with Crippen molar-refractivity contribution in [2.45, 2.75) is 4.90 Å². The van der Waals surface area contributed by atoms with Gasteiger partial charge in [0.2, 0.25) is 10.0 Å². The lowest BCUT2D eigenvalue weighted by molar-refractivity contribution is -0.119. The monoisotopic (exact) mass is 404 g/mol. The van der Waals surface area contributed by atoms with Crippen LogP contribution in [0.4, 0.5) is 5.69 Å². The summed E-state index contributed by atoms with van der Waals surface area (Å²) in [4.78, 5) is 23.9. The van der Waals surface area contributed by atoms with E-state index in [2.05, 4.69) is 5.32 Å². The lowest BCUT2D eigenvalue weighted by Gasteiger charge is -2.26. The van der Waals surface area contributed by atoms with Gasteiger partial charge in [-0.15, -0.1) is 0 Å². The van der Waals surface area contributed by atoms with Crippen LogP contribution in [-0.4, -0.2) is 57.5 Å². The van der Waals surface area contributed by atoms with Crippen LogP contribution in [0.15, 0.2) is 59.5 Å². The minimum atomic E-state index is -3.59. The highest BCUT2D eigenvalue weighted by atomic mass is 32.2. The Balaban J connectivity index is 1.55. The molecule has 0 atom stereocenters. The van der Waals surface area contributed by atoms with Crippen molar-refractivity contribution >= 4 is 27.6 Å². The van der Waals surface area contributed by atoms with Crippen molar-refractivity contribution < 1.29 is 27.5 Å². The van der Waals surface area contributed by atoms with Crippen LogP contribution in [-0.2, 0) is 24.3 Å². The van der Waals surface area contributed by atoms with Crippen molar-refractivity contribution in [1.82, 2.24) is 4.31 Å². The number of amides is 1. The highest BCUT2D eigenvalue weighted by Crippen LogP contribution is 2.19. The molecule has 0 aliphatic carbocycles. The topological polar surface area (TPSA) is 102 Å². The second-order valence-electron chi connectivity index (χ2n) is 6.03. The Hall–Kier alpha value is -2.75. The molecule has 1 heterocycles. The SMILES string of the molecule is O=C(COC(=O)c1ccccc1)Nc1ccc(S(=O)(=O)N2CCOCC2)cc1. The molecule has 8 nitrogen and oxygen atoms in total. The van der Waals surface area contributed by atoms with Crippen LogP contribution >= 0.6 is 0 Å². The Morgan fingerprint density at radius 3 is 2.29 bits per heavy atom. The van der Waals surface area contributed by atoms with Gasteiger partial charge in [0, 0.05) is 18.8 Å². The van der Waals surface area contributed by atoms with Gasteiger partial charge >= 0.3 is 5.97 Å². The van der Waals surface area contributed by atoms with E-state index in [1.54, 1.807) is 30.3 Å². The molecule has 0 spiro atoms. The summed E-state index contributed by atoms with van der Waals surface area (Å²) >= 11 is 0. The van der Waals surface area contributed by atoms with Gasteiger partial charge in [0.1, 0.15) is 0 Å². The molecule has 148 valence electrons. The number of hydrogen-bond donors (Lipinski definition) is 1. The van der Waals surface area contributed by atoms with Crippen LogP contribution < -0.4 is 5.32 Å². The van der Waals surface area contributed by atoms with E-state index in [4.69, 9.17) is 9.47 Å². The fourth-order valence-corrected chi connectivity index (χ4v) is 4.04. The number of nitrogens with zero attached hydrogens (tertiary/aromatic N) is 1. The van der Waals surface area contributed by atoms with Gasteiger partial charge < -0.3 is 14.8 Å². The summed E-state index contributed by atoms with van der Waals surface area (Å²) in [6, 6.07) is 14.2. The van der Waals surface area contributed by atoms with Crippen LogP contribution in [0.3, 0.4) is 0 Å². The van der Waals surface area contributed by atoms with Gasteiger partial charge in [0.25, 0.3) is 5.91 Å². The minimum absolute atomic E-state index is 0.142. The number of rotatable bonds is 6. The summed E-state index contributed by atoms with van der Waals surface area (Å²) in [5.41, 5.74) is 0.759. The zero-order valence-corrected chi connectivity index (χ0v) is 15.9. The Labute approximate surface area is 163 Å². The maximum atomic E-state index is 12.6. The maximum Gasteiger partial charge on any atom is 0.338 e. The van der Waals surface area contributed by atoms with Crippen molar-refractivity contribution in [3.8, 4) is 0 Å². The smallest absolute Gasteiger partial charge is 0.338 e. The fraction of sp³-hybridized carbons (Fsp3) is 0.263. The predicted molar refractivity (Wildman–Crippen MR) is 101 cm³/mol. The molecular formula is C19H20N2O6S. The minimum Gasteiger partial charge on any atom is -0.452 e. The van der Waals surface area contributed by atoms with Gasteiger partial charge in [0.15, 0.2) is 6.61 Å². The first-order valence-corrected chi connectivity index (χ1v) is 10.1. The third kappa shape index (κ3) is 4.94. The first-order chi connectivity index (χ1) is 13.5. The summed E-state index contributed by atoms with van der Waals surface area (Å²) in [6.07, 6.45) is 0. The summed E-state index contributed by atoms with van der Waals surface area (Å²) in [6.45, 7) is 0.924. The molecule has 1 aliphatic heterocycles. The van der Waals surface area contributed by atoms with E-state index >= 15 is 0 Å². The third-order valence-electron chi connectivity index (χ3n) is 4.09. The Morgan fingerprint density at radius 2 is 1.64 bits per heavy atom. The number of esters is 1. The largest absolute Gasteiger partial charge is 0.452 e. The third-order valence-corrected chi connectivity index (χ3v) is 6.00. The normalized spacial score (nSPS) is 15.0. The second-order valence-corrected chi connectivity index (χ2v) is 7.97. The van der Waals surface area contributed by atoms with Gasteiger partial charge in [-0.3, -0.25) is 4.79 Å². The van der Waals surface area contributed by atoms with E-state index < -0.39 is 28.5 Å². The number of nitrogens with one attached hydrogen (secondary N) is 1. The van der Waals surface area contributed by atoms with Crippen LogP contribution in [0.5, 0.6) is 0 Å². The van der Waals surface area contributed by atoms with E-state index in [1.165, 1.54) is 28.6 Å². The predicted octanol–water partition coefficient (Wildman–Crippen LogP) is 1.50. The number of carbonyl (C=O) groups excluding carboxylic acids is 2. The van der Waals surface area contributed by atoms with Crippen molar-refractivity contribution in [2.24, 2.45) is 0 Å². The van der Waals surface area contributed by atoms with E-state index in [9.17, 15) is 18.0 Å². The van der Waals surface area contributed by atoms with Crippen LogP contribution in [0.25, 0.3) is 0 Å². The summed E-state index contributed by atoms with van der Waals surface area (Å²) in [5, 5.41) is 2.56. The summed E-state index contributed by atoms with van der Waals surface area (Å²) in [5.74, 6) is -1.12. The van der Waals surface area contributed by atoms with Crippen molar-refractivity contribution in [2.75, 3.05) is 38.2 Å². The van der Waals surface area contributed by atoms with E-state index in [1.807, 2.05) is 0 Å². The fourth-order valence-electron chi connectivity index (χ4n) is 2.63. The lowest BCUT2D eigenvalue weighted by atomic mass is 10.2. The molecular weight excluding hydrogens is 384 g/mol. The van der Waals surface area contributed by atoms with E-state index in [-0.39, 0.29) is 4.90 Å². The number of hydrogen-bond acceptors (Lipinski definition) is 6. The van der Waals surface area contributed by atoms with Gasteiger partial charge in [-0.05, 0) is 36.4 Å². The molecule has 0 saturated carbocycles. The average molecular weight is 404 g/mol. The standard InChI is InChI=1S/C19H20N2O6S/c22-18(14-27-19(23)15-4-2-1-3-5-15)20-16-6-8-17(9-7-16)28(24,25)21-10-12-26-13-11-21/h1-9H,10-14H2,(H,20,22). The Kier molecular flexibility index (Phi) is 6.40. The summed E-state index contributed by atoms with van der Waals surface area (Å²) < 4.78 is 36.6. The van der Waals surface area contributed by atoms with Crippen molar-refractivity contribution in [3.63, 3.8) is 0 Å². The highest BCUT2D eigenvalue weighted by Gasteiger charge is 2.26. The number of morpholine rings is 1. The molecule has 1 fully saturated rings. The molecule has 1 amide bonds. The maximum absolute atomic E-state index is 12.6. The molecule has 2 aromatic rings. The first kappa shape index (κ1) is 20.0. The Morgan fingerprint density at radius 1 is 1.00 bits per heavy atom. The molecule has 0 unspecified atom stereocenters. The number of benzene rings is 2. The average Bonchev–Trinajstić information content (AvgIpc) is 2.73. The molecule has 1 N–H and O–H groups in total. The lowest BCUT2D eigenvalue weighted by Crippen LogP contribution is -2.40.